The van der Waals surface area contributed by atoms with E-state index in [1.807, 2.05) is 19.1 Å². The average Bonchev–Trinajstić information content (AvgIpc) is 2.17. The fourth-order valence-corrected chi connectivity index (χ4v) is 1.35. The predicted molar refractivity (Wildman–Crippen MR) is 51.7 cm³/mol. The number of nitrogens with zero attached hydrogens (tertiary/aromatic N) is 1. The summed E-state index contributed by atoms with van der Waals surface area (Å²) >= 11 is 0. The molecule has 0 spiro atoms. The number of aryl methyl sites for hydroxylation is 1. The molecule has 66 valence electrons. The maximum Gasteiger partial charge on any atom is 0.251 e. The van der Waals surface area contributed by atoms with Crippen LogP contribution in [0.2, 0.25) is 0 Å². The van der Waals surface area contributed by atoms with Crippen LogP contribution in [0.25, 0.3) is 10.9 Å². The lowest BCUT2D eigenvalue weighted by Crippen LogP contribution is -2.11. The van der Waals surface area contributed by atoms with Gasteiger partial charge < -0.3 is 4.98 Å². The molecule has 1 N–H and O–H groups in total. The van der Waals surface area contributed by atoms with Crippen molar-refractivity contribution in [2.24, 2.45) is 0 Å². The Kier molecular flexibility index (Phi) is 1.85. The molecular weight excluding hydrogens is 164 g/mol. The molecule has 0 aliphatic carbocycles. The van der Waals surface area contributed by atoms with Gasteiger partial charge in [0.15, 0.2) is 0 Å². The third-order valence-corrected chi connectivity index (χ3v) is 2.11. The fourth-order valence-electron chi connectivity index (χ4n) is 1.35. The van der Waals surface area contributed by atoms with Crippen molar-refractivity contribution >= 4 is 10.9 Å². The highest BCUT2D eigenvalue weighted by Crippen LogP contribution is 2.08. The quantitative estimate of drug-likeness (QED) is 0.711. The summed E-state index contributed by atoms with van der Waals surface area (Å²) in [5, 5.41) is 1.03. The van der Waals surface area contributed by atoms with Crippen molar-refractivity contribution in [3.8, 4) is 0 Å². The van der Waals surface area contributed by atoms with Crippen molar-refractivity contribution in [2.45, 2.75) is 13.3 Å². The number of H-pyrrole nitrogens is 1. The second-order valence-corrected chi connectivity index (χ2v) is 2.94. The van der Waals surface area contributed by atoms with E-state index >= 15 is 0 Å². The maximum atomic E-state index is 11.4. The summed E-state index contributed by atoms with van der Waals surface area (Å²) in [4.78, 5) is 18.1. The first kappa shape index (κ1) is 7.98. The Morgan fingerprint density at radius 3 is 3.15 bits per heavy atom. The van der Waals surface area contributed by atoms with Crippen LogP contribution in [-0.4, -0.2) is 9.97 Å². The van der Waals surface area contributed by atoms with E-state index in [4.69, 9.17) is 0 Å². The average molecular weight is 174 g/mol. The van der Waals surface area contributed by atoms with Crippen LogP contribution in [0.15, 0.2) is 29.3 Å². The first-order valence-electron chi connectivity index (χ1n) is 4.27. The lowest BCUT2D eigenvalue weighted by atomic mass is 10.1. The molecule has 0 bridgehead atoms. The molecule has 2 heterocycles. The van der Waals surface area contributed by atoms with E-state index in [-0.39, 0.29) is 5.56 Å². The molecule has 0 unspecified atom stereocenters. The van der Waals surface area contributed by atoms with Crippen molar-refractivity contribution in [3.05, 3.63) is 40.4 Å². The summed E-state index contributed by atoms with van der Waals surface area (Å²) in [5.41, 5.74) is 1.60. The zero-order chi connectivity index (χ0) is 9.26. The van der Waals surface area contributed by atoms with Crippen molar-refractivity contribution in [1.82, 2.24) is 9.97 Å². The molecule has 3 nitrogen and oxygen atoms in total. The number of hydrogen-bond acceptors (Lipinski definition) is 2. The third-order valence-electron chi connectivity index (χ3n) is 2.11. The normalized spacial score (nSPS) is 10.5. The number of aromatic amines is 1. The molecule has 3 heteroatoms. The Balaban J connectivity index is 2.81. The zero-order valence-electron chi connectivity index (χ0n) is 7.37. The Bertz CT molecular complexity index is 487. The van der Waals surface area contributed by atoms with E-state index in [0.717, 1.165) is 22.9 Å². The van der Waals surface area contributed by atoms with Crippen molar-refractivity contribution in [3.63, 3.8) is 0 Å². The molecule has 0 aromatic carbocycles. The van der Waals surface area contributed by atoms with Gasteiger partial charge in [-0.2, -0.15) is 0 Å². The first-order valence-corrected chi connectivity index (χ1v) is 4.27. The number of aromatic nitrogens is 2. The Labute approximate surface area is 75.4 Å². The molecule has 0 radical (unpaired) electrons. The predicted octanol–water partition coefficient (Wildman–Crippen LogP) is 1.49. The van der Waals surface area contributed by atoms with E-state index in [2.05, 4.69) is 9.97 Å². The van der Waals surface area contributed by atoms with Crippen LogP contribution in [0.5, 0.6) is 0 Å². The Morgan fingerprint density at radius 1 is 1.54 bits per heavy atom. The summed E-state index contributed by atoms with van der Waals surface area (Å²) in [6.45, 7) is 1.97. The van der Waals surface area contributed by atoms with Crippen LogP contribution in [0.4, 0.5) is 0 Å². The fraction of sp³-hybridized carbons (Fsp3) is 0.200. The molecule has 0 atom stereocenters. The third kappa shape index (κ3) is 1.33. The molecule has 0 saturated heterocycles. The van der Waals surface area contributed by atoms with Gasteiger partial charge >= 0.3 is 0 Å². The number of pyridine rings is 2. The molecule has 2 aromatic heterocycles. The number of fused-ring (bicyclic) bond motifs is 1. The number of rotatable bonds is 1. The molecule has 0 fully saturated rings. The highest BCUT2D eigenvalue weighted by molar-refractivity contribution is 5.77. The van der Waals surface area contributed by atoms with Crippen LogP contribution < -0.4 is 5.56 Å². The zero-order valence-corrected chi connectivity index (χ0v) is 7.37. The van der Waals surface area contributed by atoms with Crippen LogP contribution in [0.3, 0.4) is 0 Å². The van der Waals surface area contributed by atoms with Crippen LogP contribution >= 0.6 is 0 Å². The highest BCUT2D eigenvalue weighted by atomic mass is 16.1. The van der Waals surface area contributed by atoms with E-state index in [9.17, 15) is 4.79 Å². The van der Waals surface area contributed by atoms with E-state index in [0.29, 0.717) is 0 Å². The van der Waals surface area contributed by atoms with Crippen LogP contribution in [0, 0.1) is 0 Å². The summed E-state index contributed by atoms with van der Waals surface area (Å²) in [6, 6.07) is 3.81. The lowest BCUT2D eigenvalue weighted by molar-refractivity contribution is 1.08. The summed E-state index contributed by atoms with van der Waals surface area (Å²) < 4.78 is 0. The van der Waals surface area contributed by atoms with Gasteiger partial charge in [-0.05, 0) is 18.6 Å². The topological polar surface area (TPSA) is 45.8 Å². The lowest BCUT2D eigenvalue weighted by Gasteiger charge is -1.98. The largest absolute Gasteiger partial charge is 0.320 e. The standard InChI is InChI=1S/C10H10N2O/c1-2-7-5-8-3-4-11-6-9(8)12-10(7)13/h3-6H,2H2,1H3,(H,12,13). The Morgan fingerprint density at radius 2 is 2.38 bits per heavy atom. The molecular formula is C10H10N2O. The second-order valence-electron chi connectivity index (χ2n) is 2.94. The van der Waals surface area contributed by atoms with Gasteiger partial charge in [0.2, 0.25) is 0 Å². The summed E-state index contributed by atoms with van der Waals surface area (Å²) in [5.74, 6) is 0. The van der Waals surface area contributed by atoms with Crippen LogP contribution in [-0.2, 0) is 6.42 Å². The molecule has 2 rings (SSSR count). The van der Waals surface area contributed by atoms with E-state index in [1.54, 1.807) is 12.4 Å². The highest BCUT2D eigenvalue weighted by Gasteiger charge is 1.99. The van der Waals surface area contributed by atoms with E-state index in [1.165, 1.54) is 0 Å². The first-order chi connectivity index (χ1) is 6.31. The minimum Gasteiger partial charge on any atom is -0.320 e. The molecule has 2 aromatic rings. The van der Waals surface area contributed by atoms with Crippen molar-refractivity contribution < 1.29 is 0 Å². The van der Waals surface area contributed by atoms with E-state index < -0.39 is 0 Å². The van der Waals surface area contributed by atoms with Gasteiger partial charge in [0, 0.05) is 17.1 Å². The van der Waals surface area contributed by atoms with Gasteiger partial charge in [-0.25, -0.2) is 0 Å². The molecule has 0 saturated carbocycles. The van der Waals surface area contributed by atoms with Gasteiger partial charge in [-0.15, -0.1) is 0 Å². The summed E-state index contributed by atoms with van der Waals surface area (Å²) in [6.07, 6.45) is 4.14. The van der Waals surface area contributed by atoms with Crippen molar-refractivity contribution in [2.75, 3.05) is 0 Å². The number of hydrogen-bond donors (Lipinski definition) is 1. The Hall–Kier alpha value is -1.64. The van der Waals surface area contributed by atoms with Gasteiger partial charge in [-0.3, -0.25) is 9.78 Å². The molecule has 0 aliphatic rings. The minimum atomic E-state index is -0.0111. The van der Waals surface area contributed by atoms with Crippen molar-refractivity contribution in [1.29, 1.82) is 0 Å². The smallest absolute Gasteiger partial charge is 0.251 e. The van der Waals surface area contributed by atoms with Gasteiger partial charge in [0.05, 0.1) is 11.7 Å². The maximum absolute atomic E-state index is 11.4. The monoisotopic (exact) mass is 174 g/mol. The molecule has 0 aliphatic heterocycles. The summed E-state index contributed by atoms with van der Waals surface area (Å²) in [7, 11) is 0. The van der Waals surface area contributed by atoms with Crippen LogP contribution in [0.1, 0.15) is 12.5 Å². The van der Waals surface area contributed by atoms with Gasteiger partial charge in [-0.1, -0.05) is 6.92 Å². The minimum absolute atomic E-state index is 0.0111. The SMILES string of the molecule is CCc1cc2ccncc2[nH]c1=O. The molecule has 13 heavy (non-hydrogen) atoms. The molecule has 0 amide bonds. The second kappa shape index (κ2) is 3.01. The van der Waals surface area contributed by atoms with Gasteiger partial charge in [0.1, 0.15) is 0 Å². The van der Waals surface area contributed by atoms with Gasteiger partial charge in [0.25, 0.3) is 5.56 Å². The number of nitrogens with one attached hydrogen (secondary N) is 1.